The molecule has 72 valence electrons. The molecule has 0 radical (unpaired) electrons. The van der Waals surface area contributed by atoms with Crippen LogP contribution in [-0.4, -0.2) is 62.8 Å². The van der Waals surface area contributed by atoms with Gasteiger partial charge in [-0.15, -0.1) is 0 Å². The maximum atomic E-state index is 9.12. The maximum absolute atomic E-state index is 9.12. The van der Waals surface area contributed by atoms with Crippen LogP contribution in [0.5, 0.6) is 0 Å². The highest BCUT2D eigenvalue weighted by Gasteiger charge is 2.42. The summed E-state index contributed by atoms with van der Waals surface area (Å²) in [7, 11) is 0. The molecule has 0 bridgehead atoms. The lowest BCUT2D eigenvalue weighted by atomic mass is 10.00. The van der Waals surface area contributed by atoms with E-state index in [1.807, 2.05) is 0 Å². The molecule has 1 saturated heterocycles. The van der Waals surface area contributed by atoms with Gasteiger partial charge in [0.05, 0.1) is 6.61 Å². The number of hydrogen-bond acceptors (Lipinski definition) is 6. The van der Waals surface area contributed by atoms with Gasteiger partial charge in [-0.2, -0.15) is 0 Å². The third-order valence-electron chi connectivity index (χ3n) is 1.87. The zero-order chi connectivity index (χ0) is 9.30. The van der Waals surface area contributed by atoms with Crippen LogP contribution >= 0.6 is 0 Å². The van der Waals surface area contributed by atoms with Crippen molar-refractivity contribution in [2.45, 2.75) is 30.7 Å². The first-order chi connectivity index (χ1) is 5.57. The lowest BCUT2D eigenvalue weighted by Crippen LogP contribution is -2.58. The minimum atomic E-state index is -1.57. The Balaban J connectivity index is 2.63. The summed E-state index contributed by atoms with van der Waals surface area (Å²) in [6, 6.07) is 0. The fourth-order valence-electron chi connectivity index (χ4n) is 1.08. The van der Waals surface area contributed by atoms with Crippen LogP contribution in [0.3, 0.4) is 0 Å². The van der Waals surface area contributed by atoms with Gasteiger partial charge >= 0.3 is 0 Å². The van der Waals surface area contributed by atoms with Gasteiger partial charge in [0.25, 0.3) is 0 Å². The molecule has 1 aliphatic heterocycles. The second kappa shape index (κ2) is 3.65. The minimum Gasteiger partial charge on any atom is -0.394 e. The van der Waals surface area contributed by atoms with Crippen molar-refractivity contribution >= 4 is 0 Å². The van der Waals surface area contributed by atoms with Gasteiger partial charge in [0.2, 0.25) is 0 Å². The molecule has 5 N–H and O–H groups in total. The van der Waals surface area contributed by atoms with Crippen molar-refractivity contribution in [1.29, 1.82) is 0 Å². The molecular formula is C6H12O6. The molecule has 0 aromatic rings. The highest BCUT2D eigenvalue weighted by molar-refractivity contribution is 4.87. The van der Waals surface area contributed by atoms with E-state index < -0.39 is 37.3 Å². The number of ether oxygens (including phenoxy) is 1. The van der Waals surface area contributed by atoms with Crippen LogP contribution in [0.15, 0.2) is 0 Å². The molecule has 1 rings (SSSR count). The molecule has 1 heterocycles. The summed E-state index contributed by atoms with van der Waals surface area (Å²) >= 11 is 0. The summed E-state index contributed by atoms with van der Waals surface area (Å²) in [5.74, 6) is 0. The van der Waals surface area contributed by atoms with Crippen LogP contribution < -0.4 is 0 Å². The second-order valence-corrected chi connectivity index (χ2v) is 2.72. The van der Waals surface area contributed by atoms with E-state index in [9.17, 15) is 0 Å². The van der Waals surface area contributed by atoms with Crippen molar-refractivity contribution in [2.24, 2.45) is 0 Å². The zero-order valence-corrected chi connectivity index (χ0v) is 6.24. The first-order valence-corrected chi connectivity index (χ1v) is 3.56. The monoisotopic (exact) mass is 180 g/mol. The maximum Gasteiger partial charge on any atom is 0.184 e. The van der Waals surface area contributed by atoms with Crippen LogP contribution in [0.2, 0.25) is 0 Å². The Morgan fingerprint density at radius 1 is 0.917 bits per heavy atom. The molecule has 0 saturated carbocycles. The molecule has 0 aliphatic carbocycles. The van der Waals surface area contributed by atoms with E-state index in [1.54, 1.807) is 0 Å². The standard InChI is InChI=1S/C6H12O6/c7-1-2-3(8)4(9)5(10)6(11)12-2/h2-11H,1H2/t2?,3-,4?,5?,6+/m1/s1. The number of rotatable bonds is 1. The molecular weight excluding hydrogens is 168 g/mol. The molecule has 1 fully saturated rings. The average Bonchev–Trinajstić information content (AvgIpc) is 2.08. The summed E-state index contributed by atoms with van der Waals surface area (Å²) in [4.78, 5) is 0. The predicted octanol–water partition coefficient (Wildman–Crippen LogP) is -3.22. The van der Waals surface area contributed by atoms with Crippen molar-refractivity contribution in [1.82, 2.24) is 0 Å². The van der Waals surface area contributed by atoms with E-state index in [0.717, 1.165) is 0 Å². The van der Waals surface area contributed by atoms with E-state index in [0.29, 0.717) is 0 Å². The Morgan fingerprint density at radius 3 is 2.00 bits per heavy atom. The zero-order valence-electron chi connectivity index (χ0n) is 6.24. The Bertz CT molecular complexity index is 146. The topological polar surface area (TPSA) is 110 Å². The van der Waals surface area contributed by atoms with Crippen LogP contribution in [0, 0.1) is 0 Å². The number of hydrogen-bond donors (Lipinski definition) is 5. The van der Waals surface area contributed by atoms with Crippen molar-refractivity contribution in [3.05, 3.63) is 0 Å². The lowest BCUT2D eigenvalue weighted by molar-refractivity contribution is -0.286. The molecule has 6 heteroatoms. The Morgan fingerprint density at radius 2 is 1.50 bits per heavy atom. The summed E-state index contributed by atoms with van der Waals surface area (Å²) < 4.78 is 4.58. The van der Waals surface area contributed by atoms with E-state index in [-0.39, 0.29) is 0 Å². The predicted molar refractivity (Wildman–Crippen MR) is 36.0 cm³/mol. The van der Waals surface area contributed by atoms with Crippen LogP contribution in [0.25, 0.3) is 0 Å². The quantitative estimate of drug-likeness (QED) is 0.290. The van der Waals surface area contributed by atoms with Gasteiger partial charge in [-0.3, -0.25) is 0 Å². The van der Waals surface area contributed by atoms with Gasteiger partial charge in [-0.05, 0) is 0 Å². The fourth-order valence-corrected chi connectivity index (χ4v) is 1.08. The molecule has 3 unspecified atom stereocenters. The smallest absolute Gasteiger partial charge is 0.184 e. The Hall–Kier alpha value is -0.240. The van der Waals surface area contributed by atoms with E-state index in [2.05, 4.69) is 4.74 Å². The van der Waals surface area contributed by atoms with Gasteiger partial charge in [-0.1, -0.05) is 0 Å². The van der Waals surface area contributed by atoms with Crippen molar-refractivity contribution in [3.8, 4) is 0 Å². The molecule has 1 aliphatic rings. The first-order valence-electron chi connectivity index (χ1n) is 3.56. The third kappa shape index (κ3) is 1.58. The van der Waals surface area contributed by atoms with Gasteiger partial charge < -0.3 is 30.3 Å². The summed E-state index contributed by atoms with van der Waals surface area (Å²) in [5, 5.41) is 44.7. The molecule has 6 nitrogen and oxygen atoms in total. The van der Waals surface area contributed by atoms with Crippen LogP contribution in [0.1, 0.15) is 0 Å². The van der Waals surface area contributed by atoms with Crippen LogP contribution in [0.4, 0.5) is 0 Å². The summed E-state index contributed by atoms with van der Waals surface area (Å²) in [5.41, 5.74) is 0. The summed E-state index contributed by atoms with van der Waals surface area (Å²) in [6.07, 6.45) is -7.04. The van der Waals surface area contributed by atoms with E-state index >= 15 is 0 Å². The first kappa shape index (κ1) is 9.85. The Labute approximate surface area is 68.6 Å². The highest BCUT2D eigenvalue weighted by Crippen LogP contribution is 2.18. The molecule has 12 heavy (non-hydrogen) atoms. The average molecular weight is 180 g/mol. The van der Waals surface area contributed by atoms with E-state index in [1.165, 1.54) is 0 Å². The minimum absolute atomic E-state index is 0.526. The van der Waals surface area contributed by atoms with E-state index in [4.69, 9.17) is 25.5 Å². The second-order valence-electron chi connectivity index (χ2n) is 2.72. The largest absolute Gasteiger partial charge is 0.394 e. The number of aliphatic hydroxyl groups excluding tert-OH is 5. The van der Waals surface area contributed by atoms with Crippen molar-refractivity contribution in [3.63, 3.8) is 0 Å². The summed E-state index contributed by atoms with van der Waals surface area (Å²) in [6.45, 7) is -0.526. The fraction of sp³-hybridized carbons (Fsp3) is 1.00. The van der Waals surface area contributed by atoms with Gasteiger partial charge in [0, 0.05) is 0 Å². The van der Waals surface area contributed by atoms with Crippen LogP contribution in [-0.2, 0) is 4.74 Å². The molecule has 0 amide bonds. The highest BCUT2D eigenvalue weighted by atomic mass is 16.6. The van der Waals surface area contributed by atoms with Gasteiger partial charge in [0.15, 0.2) is 6.29 Å². The third-order valence-corrected chi connectivity index (χ3v) is 1.87. The molecule has 0 spiro atoms. The molecule has 0 aromatic heterocycles. The number of aliphatic hydroxyl groups is 5. The van der Waals surface area contributed by atoms with Crippen molar-refractivity contribution < 1.29 is 30.3 Å². The molecule has 5 atom stereocenters. The SMILES string of the molecule is OCC1O[C@H](O)C(O)C(O)[C@@H]1O. The van der Waals surface area contributed by atoms with Gasteiger partial charge in [-0.25, -0.2) is 0 Å². The van der Waals surface area contributed by atoms with Crippen molar-refractivity contribution in [2.75, 3.05) is 6.61 Å². The normalized spacial score (nSPS) is 49.2. The lowest BCUT2D eigenvalue weighted by Gasteiger charge is -2.37. The molecule has 0 aromatic carbocycles. The Kier molecular flexibility index (Phi) is 2.99. The van der Waals surface area contributed by atoms with Gasteiger partial charge in [0.1, 0.15) is 24.4 Å².